The van der Waals surface area contributed by atoms with Crippen LogP contribution >= 0.6 is 45.0 Å². The van der Waals surface area contributed by atoms with E-state index < -0.39 is 10.5 Å². The van der Waals surface area contributed by atoms with Crippen molar-refractivity contribution in [3.05, 3.63) is 0 Å². The van der Waals surface area contributed by atoms with Crippen molar-refractivity contribution in [3.8, 4) is 0 Å². The molecule has 0 radical (unpaired) electrons. The molecule has 0 nitrogen and oxygen atoms in total. The highest BCUT2D eigenvalue weighted by molar-refractivity contribution is 8.74. The standard InChI is InChI=1S/C26H48P2S5/c29-27(23-13-5-1-6-14-23,24-15-7-2-8-16-24)32-21-31-22-33-28(30,25-17-9-3-10-18-25)26-19-11-4-12-20-26/h23-26H,1-22H2. The van der Waals surface area contributed by atoms with Crippen molar-refractivity contribution in [1.29, 1.82) is 0 Å². The van der Waals surface area contributed by atoms with Crippen LogP contribution in [0, 0.1) is 0 Å². The summed E-state index contributed by atoms with van der Waals surface area (Å²) in [5.74, 6) is 0. The third-order valence-electron chi connectivity index (χ3n) is 9.01. The molecule has 0 N–H and O–H groups in total. The Morgan fingerprint density at radius 1 is 0.424 bits per heavy atom. The maximum atomic E-state index is 6.71. The highest BCUT2D eigenvalue weighted by Crippen LogP contribution is 2.74. The van der Waals surface area contributed by atoms with E-state index in [0.717, 1.165) is 22.6 Å². The zero-order chi connectivity index (χ0) is 23.0. The minimum atomic E-state index is -1.30. The van der Waals surface area contributed by atoms with Gasteiger partial charge in [0.25, 0.3) is 0 Å². The normalized spacial score (nSPS) is 25.9. The number of thioether (sulfide) groups is 1. The van der Waals surface area contributed by atoms with Crippen molar-refractivity contribution in [3.63, 3.8) is 0 Å². The molecule has 4 aliphatic carbocycles. The second kappa shape index (κ2) is 14.5. The van der Waals surface area contributed by atoms with Crippen molar-refractivity contribution in [2.75, 3.05) is 10.2 Å². The fourth-order valence-corrected chi connectivity index (χ4v) is 30.4. The van der Waals surface area contributed by atoms with Gasteiger partial charge >= 0.3 is 0 Å². The maximum Gasteiger partial charge on any atom is 0.0450 e. The molecular weight excluding hydrogens is 535 g/mol. The Bertz CT molecular complexity index is 560. The van der Waals surface area contributed by atoms with Gasteiger partial charge in [-0.25, -0.2) is 0 Å². The van der Waals surface area contributed by atoms with Gasteiger partial charge in [0.1, 0.15) is 0 Å². The largest absolute Gasteiger partial charge is 0.139 e. The van der Waals surface area contributed by atoms with E-state index in [1.165, 1.54) is 139 Å². The Labute approximate surface area is 228 Å². The van der Waals surface area contributed by atoms with Crippen LogP contribution in [-0.2, 0) is 23.6 Å². The Kier molecular flexibility index (Phi) is 12.5. The fourth-order valence-electron chi connectivity index (χ4n) is 7.05. The van der Waals surface area contributed by atoms with Crippen LogP contribution < -0.4 is 0 Å². The summed E-state index contributed by atoms with van der Waals surface area (Å²) in [6.45, 7) is 0. The van der Waals surface area contributed by atoms with E-state index in [2.05, 4.69) is 34.5 Å². The molecule has 7 heteroatoms. The zero-order valence-electron chi connectivity index (χ0n) is 20.8. The van der Waals surface area contributed by atoms with E-state index in [0.29, 0.717) is 0 Å². The average Bonchev–Trinajstić information content (AvgIpc) is 2.90. The molecule has 0 saturated heterocycles. The summed E-state index contributed by atoms with van der Waals surface area (Å²) >= 11 is 20.3. The van der Waals surface area contributed by atoms with Gasteiger partial charge in [0.05, 0.1) is 0 Å². The van der Waals surface area contributed by atoms with E-state index in [4.69, 9.17) is 23.6 Å². The van der Waals surface area contributed by atoms with Crippen LogP contribution in [0.15, 0.2) is 0 Å². The van der Waals surface area contributed by atoms with Crippen LogP contribution in [0.1, 0.15) is 128 Å². The Morgan fingerprint density at radius 2 is 0.667 bits per heavy atom. The molecule has 4 saturated carbocycles. The van der Waals surface area contributed by atoms with Crippen molar-refractivity contribution >= 4 is 68.6 Å². The summed E-state index contributed by atoms with van der Waals surface area (Å²) < 4.78 is 0. The van der Waals surface area contributed by atoms with Crippen molar-refractivity contribution in [1.82, 2.24) is 0 Å². The summed E-state index contributed by atoms with van der Waals surface area (Å²) in [7, 11) is 0. The lowest BCUT2D eigenvalue weighted by molar-refractivity contribution is 0.488. The second-order valence-corrected chi connectivity index (χ2v) is 29.7. The van der Waals surface area contributed by atoms with Gasteiger partial charge in [0.15, 0.2) is 0 Å². The molecule has 0 spiro atoms. The zero-order valence-corrected chi connectivity index (χ0v) is 26.7. The average molecular weight is 583 g/mol. The lowest BCUT2D eigenvalue weighted by Crippen LogP contribution is -2.22. The molecule has 0 heterocycles. The van der Waals surface area contributed by atoms with Gasteiger partial charge in [0.2, 0.25) is 0 Å². The molecule has 0 aromatic heterocycles. The molecule has 0 unspecified atom stereocenters. The lowest BCUT2D eigenvalue weighted by atomic mass is 10.00. The fraction of sp³-hybridized carbons (Fsp3) is 1.00. The Hall–Kier alpha value is 2.35. The second-order valence-electron chi connectivity index (χ2n) is 11.2. The molecule has 0 aromatic carbocycles. The first-order valence-electron chi connectivity index (χ1n) is 14.2. The highest BCUT2D eigenvalue weighted by atomic mass is 32.9. The Morgan fingerprint density at radius 3 is 0.909 bits per heavy atom. The monoisotopic (exact) mass is 582 g/mol. The molecular formula is C26H48P2S5. The molecule has 0 amide bonds. The predicted molar refractivity (Wildman–Crippen MR) is 169 cm³/mol. The summed E-state index contributed by atoms with van der Waals surface area (Å²) in [6, 6.07) is 0. The first-order chi connectivity index (χ1) is 16.1. The molecule has 4 rings (SSSR count). The number of rotatable bonds is 10. The summed E-state index contributed by atoms with van der Waals surface area (Å²) in [4.78, 5) is 0. The van der Waals surface area contributed by atoms with Crippen LogP contribution in [0.4, 0.5) is 0 Å². The molecule has 33 heavy (non-hydrogen) atoms. The molecule has 4 aliphatic rings. The van der Waals surface area contributed by atoms with E-state index in [1.807, 2.05) is 0 Å². The van der Waals surface area contributed by atoms with Crippen LogP contribution in [0.2, 0.25) is 0 Å². The molecule has 0 bridgehead atoms. The molecule has 0 atom stereocenters. The summed E-state index contributed by atoms with van der Waals surface area (Å²) in [6.07, 6.45) is 29.0. The maximum absolute atomic E-state index is 6.71. The van der Waals surface area contributed by atoms with E-state index >= 15 is 0 Å². The van der Waals surface area contributed by atoms with Gasteiger partial charge in [-0.1, -0.05) is 101 Å². The van der Waals surface area contributed by atoms with E-state index in [9.17, 15) is 0 Å². The van der Waals surface area contributed by atoms with Gasteiger partial charge in [-0.2, -0.15) is 0 Å². The number of hydrogen-bond acceptors (Lipinski definition) is 5. The van der Waals surface area contributed by atoms with Gasteiger partial charge in [0, 0.05) is 20.6 Å². The predicted octanol–water partition coefficient (Wildman–Crippen LogP) is 11.2. The minimum Gasteiger partial charge on any atom is -0.139 e. The smallest absolute Gasteiger partial charge is 0.0450 e. The first-order valence-corrected chi connectivity index (χ1v) is 24.4. The topological polar surface area (TPSA) is 0 Å². The summed E-state index contributed by atoms with van der Waals surface area (Å²) in [5, 5.41) is -0.0978. The Balaban J connectivity index is 1.32. The molecule has 0 aromatic rings. The molecule has 4 fully saturated rings. The van der Waals surface area contributed by atoms with Crippen LogP contribution in [0.3, 0.4) is 0 Å². The van der Waals surface area contributed by atoms with Crippen LogP contribution in [0.25, 0.3) is 0 Å². The number of hydrogen-bond donors (Lipinski definition) is 0. The van der Waals surface area contributed by atoms with E-state index in [-0.39, 0.29) is 0 Å². The van der Waals surface area contributed by atoms with Crippen molar-refractivity contribution < 1.29 is 0 Å². The third kappa shape index (κ3) is 7.69. The quantitative estimate of drug-likeness (QED) is 0.142. The third-order valence-corrected chi connectivity index (χ3v) is 31.5. The molecule has 192 valence electrons. The van der Waals surface area contributed by atoms with Gasteiger partial charge in [-0.3, -0.25) is 0 Å². The molecule has 0 aliphatic heterocycles. The minimum absolute atomic E-state index is 0.901. The first kappa shape index (κ1) is 28.4. The lowest BCUT2D eigenvalue weighted by Gasteiger charge is -2.41. The van der Waals surface area contributed by atoms with Gasteiger partial charge in [-0.15, -0.1) is 34.5 Å². The SMILES string of the molecule is S=P(SCSCSP(=S)(C1CCCCC1)C1CCCCC1)(C1CCCCC1)C1CCCCC1. The van der Waals surface area contributed by atoms with Crippen LogP contribution in [0.5, 0.6) is 0 Å². The van der Waals surface area contributed by atoms with Gasteiger partial charge in [-0.05, 0) is 74.0 Å². The summed E-state index contributed by atoms with van der Waals surface area (Å²) in [5.41, 5.74) is 3.60. The van der Waals surface area contributed by atoms with Crippen molar-refractivity contribution in [2.45, 2.75) is 151 Å². The van der Waals surface area contributed by atoms with E-state index in [1.54, 1.807) is 0 Å². The van der Waals surface area contributed by atoms with Gasteiger partial charge < -0.3 is 0 Å². The van der Waals surface area contributed by atoms with Crippen molar-refractivity contribution in [2.24, 2.45) is 0 Å². The van der Waals surface area contributed by atoms with Crippen LogP contribution in [-0.4, -0.2) is 32.8 Å². The highest BCUT2D eigenvalue weighted by Gasteiger charge is 2.39.